The van der Waals surface area contributed by atoms with Crippen LogP contribution in [0.25, 0.3) is 0 Å². The lowest BCUT2D eigenvalue weighted by molar-refractivity contribution is -0.112. The van der Waals surface area contributed by atoms with Crippen molar-refractivity contribution in [1.29, 1.82) is 0 Å². The Labute approximate surface area is 109 Å². The molecule has 0 heterocycles. The molecule has 3 heteroatoms. The summed E-state index contributed by atoms with van der Waals surface area (Å²) in [5.41, 5.74) is 2.40. The average molecular weight is 247 g/mol. The van der Waals surface area contributed by atoms with Crippen LogP contribution < -0.4 is 5.32 Å². The van der Waals surface area contributed by atoms with Gasteiger partial charge in [-0.25, -0.2) is 0 Å². The zero-order valence-electron chi connectivity index (χ0n) is 11.7. The summed E-state index contributed by atoms with van der Waals surface area (Å²) in [5.74, 6) is -0.144. The van der Waals surface area contributed by atoms with Gasteiger partial charge in [0.25, 0.3) is 0 Å². The first-order chi connectivity index (χ1) is 8.20. The molecular formula is C15H21NO2. The molecule has 1 amide bonds. The van der Waals surface area contributed by atoms with E-state index in [-0.39, 0.29) is 17.1 Å². The average Bonchev–Trinajstić information content (AvgIpc) is 2.18. The first-order valence-corrected chi connectivity index (χ1v) is 5.99. The fourth-order valence-electron chi connectivity index (χ4n) is 1.53. The van der Waals surface area contributed by atoms with Crippen LogP contribution in [-0.2, 0) is 10.2 Å². The summed E-state index contributed by atoms with van der Waals surface area (Å²) in [7, 11) is 0. The number of phenolic OH excluding ortho intramolecular Hbond substituents is 1. The number of allylic oxidation sites excluding steroid dienone is 1. The predicted octanol–water partition coefficient (Wildman–Crippen LogP) is 3.59. The Balaban J connectivity index is 3.02. The Kier molecular flexibility index (Phi) is 4.17. The third-order valence-corrected chi connectivity index (χ3v) is 2.54. The lowest BCUT2D eigenvalue weighted by Crippen LogP contribution is -2.13. The second-order valence-corrected chi connectivity index (χ2v) is 5.69. The fraction of sp³-hybridized carbons (Fsp3) is 0.400. The molecule has 0 aliphatic carbocycles. The summed E-state index contributed by atoms with van der Waals surface area (Å²) in [5, 5.41) is 12.4. The van der Waals surface area contributed by atoms with E-state index >= 15 is 0 Å². The SMILES string of the molecule is CC(C)=CC(=O)Nc1cc(C(C)(C)C)ccc1O. The van der Waals surface area contributed by atoms with Crippen LogP contribution in [0, 0.1) is 0 Å². The molecule has 2 N–H and O–H groups in total. The molecule has 0 saturated carbocycles. The molecule has 0 fully saturated rings. The molecule has 3 nitrogen and oxygen atoms in total. The maximum absolute atomic E-state index is 11.6. The van der Waals surface area contributed by atoms with E-state index < -0.39 is 0 Å². The third kappa shape index (κ3) is 3.91. The van der Waals surface area contributed by atoms with E-state index in [1.165, 1.54) is 6.08 Å². The van der Waals surface area contributed by atoms with Crippen molar-refractivity contribution in [2.45, 2.75) is 40.0 Å². The lowest BCUT2D eigenvalue weighted by atomic mass is 9.87. The van der Waals surface area contributed by atoms with Gasteiger partial charge in [0, 0.05) is 6.08 Å². The largest absolute Gasteiger partial charge is 0.506 e. The minimum absolute atomic E-state index is 0.0241. The van der Waals surface area contributed by atoms with Gasteiger partial charge in [-0.1, -0.05) is 32.4 Å². The van der Waals surface area contributed by atoms with Crippen LogP contribution in [0.1, 0.15) is 40.2 Å². The number of hydrogen-bond donors (Lipinski definition) is 2. The molecule has 98 valence electrons. The van der Waals surface area contributed by atoms with E-state index in [1.807, 2.05) is 26.0 Å². The zero-order chi connectivity index (χ0) is 13.9. The molecule has 1 aromatic rings. The van der Waals surface area contributed by atoms with Crippen LogP contribution in [-0.4, -0.2) is 11.0 Å². The highest BCUT2D eigenvalue weighted by atomic mass is 16.3. The molecule has 0 bridgehead atoms. The summed E-state index contributed by atoms with van der Waals surface area (Å²) in [4.78, 5) is 11.6. The van der Waals surface area contributed by atoms with Crippen molar-refractivity contribution in [3.05, 3.63) is 35.4 Å². The summed E-state index contributed by atoms with van der Waals surface area (Å²) in [6, 6.07) is 5.29. The van der Waals surface area contributed by atoms with Gasteiger partial charge in [0.15, 0.2) is 0 Å². The summed E-state index contributed by atoms with van der Waals surface area (Å²) in [6.45, 7) is 9.96. The predicted molar refractivity (Wildman–Crippen MR) is 74.9 cm³/mol. The van der Waals surface area contributed by atoms with Crippen molar-refractivity contribution in [2.24, 2.45) is 0 Å². The number of benzene rings is 1. The maximum Gasteiger partial charge on any atom is 0.248 e. The van der Waals surface area contributed by atoms with Gasteiger partial charge in [-0.3, -0.25) is 4.79 Å². The normalized spacial score (nSPS) is 10.9. The Bertz CT molecular complexity index is 478. The van der Waals surface area contributed by atoms with Gasteiger partial charge >= 0.3 is 0 Å². The first kappa shape index (κ1) is 14.3. The standard InChI is InChI=1S/C15H21NO2/c1-10(2)8-14(18)16-12-9-11(15(3,4)5)6-7-13(12)17/h6-9,17H,1-5H3,(H,16,18). The number of carbonyl (C=O) groups excluding carboxylic acids is 1. The van der Waals surface area contributed by atoms with Crippen LogP contribution in [0.15, 0.2) is 29.8 Å². The number of aromatic hydroxyl groups is 1. The zero-order valence-corrected chi connectivity index (χ0v) is 11.7. The van der Waals surface area contributed by atoms with Gasteiger partial charge in [-0.15, -0.1) is 0 Å². The van der Waals surface area contributed by atoms with E-state index in [0.29, 0.717) is 5.69 Å². The van der Waals surface area contributed by atoms with Crippen LogP contribution in [0.3, 0.4) is 0 Å². The number of carbonyl (C=O) groups is 1. The van der Waals surface area contributed by atoms with Gasteiger partial charge in [0.05, 0.1) is 5.69 Å². The molecule has 0 atom stereocenters. The topological polar surface area (TPSA) is 49.3 Å². The molecule has 1 rings (SSSR count). The number of rotatable bonds is 2. The Morgan fingerprint density at radius 2 is 1.89 bits per heavy atom. The number of amides is 1. The highest BCUT2D eigenvalue weighted by Crippen LogP contribution is 2.30. The van der Waals surface area contributed by atoms with Crippen molar-refractivity contribution < 1.29 is 9.90 Å². The minimum Gasteiger partial charge on any atom is -0.506 e. The van der Waals surface area contributed by atoms with Crippen molar-refractivity contribution in [1.82, 2.24) is 0 Å². The molecule has 0 aliphatic heterocycles. The summed E-state index contributed by atoms with van der Waals surface area (Å²) < 4.78 is 0. The second-order valence-electron chi connectivity index (χ2n) is 5.69. The molecule has 0 radical (unpaired) electrons. The number of phenols is 1. The highest BCUT2D eigenvalue weighted by Gasteiger charge is 2.15. The molecule has 0 aromatic heterocycles. The van der Waals surface area contributed by atoms with E-state index in [0.717, 1.165) is 11.1 Å². The number of nitrogens with one attached hydrogen (secondary N) is 1. The molecular weight excluding hydrogens is 226 g/mol. The van der Waals surface area contributed by atoms with Gasteiger partial charge in [-0.05, 0) is 37.0 Å². The van der Waals surface area contributed by atoms with Gasteiger partial charge < -0.3 is 10.4 Å². The van der Waals surface area contributed by atoms with Crippen molar-refractivity contribution in [3.8, 4) is 5.75 Å². The fourth-order valence-corrected chi connectivity index (χ4v) is 1.53. The summed E-state index contributed by atoms with van der Waals surface area (Å²) in [6.07, 6.45) is 1.50. The van der Waals surface area contributed by atoms with Crippen LogP contribution >= 0.6 is 0 Å². The Morgan fingerprint density at radius 1 is 1.28 bits per heavy atom. The molecule has 1 aromatic carbocycles. The van der Waals surface area contributed by atoms with Crippen LogP contribution in [0.4, 0.5) is 5.69 Å². The Hall–Kier alpha value is -1.77. The Morgan fingerprint density at radius 3 is 2.39 bits per heavy atom. The third-order valence-electron chi connectivity index (χ3n) is 2.54. The van der Waals surface area contributed by atoms with Crippen LogP contribution in [0.2, 0.25) is 0 Å². The molecule has 0 unspecified atom stereocenters. The molecule has 18 heavy (non-hydrogen) atoms. The highest BCUT2D eigenvalue weighted by molar-refractivity contribution is 6.00. The monoisotopic (exact) mass is 247 g/mol. The van der Waals surface area contributed by atoms with E-state index in [9.17, 15) is 9.90 Å². The van der Waals surface area contributed by atoms with Crippen molar-refractivity contribution >= 4 is 11.6 Å². The maximum atomic E-state index is 11.6. The molecule has 0 aliphatic rings. The van der Waals surface area contributed by atoms with Crippen molar-refractivity contribution in [3.63, 3.8) is 0 Å². The van der Waals surface area contributed by atoms with Gasteiger partial charge in [0.1, 0.15) is 5.75 Å². The number of hydrogen-bond acceptors (Lipinski definition) is 2. The van der Waals surface area contributed by atoms with E-state index in [1.54, 1.807) is 6.07 Å². The first-order valence-electron chi connectivity index (χ1n) is 5.99. The lowest BCUT2D eigenvalue weighted by Gasteiger charge is -2.20. The number of anilines is 1. The summed E-state index contributed by atoms with van der Waals surface area (Å²) >= 11 is 0. The van der Waals surface area contributed by atoms with Crippen molar-refractivity contribution in [2.75, 3.05) is 5.32 Å². The smallest absolute Gasteiger partial charge is 0.248 e. The van der Waals surface area contributed by atoms with Gasteiger partial charge in [0.2, 0.25) is 5.91 Å². The van der Waals surface area contributed by atoms with Crippen LogP contribution in [0.5, 0.6) is 5.75 Å². The second kappa shape index (κ2) is 5.25. The van der Waals surface area contributed by atoms with E-state index in [4.69, 9.17) is 0 Å². The van der Waals surface area contributed by atoms with Gasteiger partial charge in [-0.2, -0.15) is 0 Å². The molecule has 0 spiro atoms. The quantitative estimate of drug-likeness (QED) is 0.619. The minimum atomic E-state index is -0.226. The molecule has 0 saturated heterocycles. The van der Waals surface area contributed by atoms with E-state index in [2.05, 4.69) is 26.1 Å².